The Morgan fingerprint density at radius 3 is 2.46 bits per heavy atom. The molecule has 0 aliphatic heterocycles. The number of benzene rings is 2. The van der Waals surface area contributed by atoms with Gasteiger partial charge in [0.2, 0.25) is 0 Å². The highest BCUT2D eigenvalue weighted by atomic mass is 19.1. The fourth-order valence-corrected chi connectivity index (χ4v) is 4.25. The maximum absolute atomic E-state index is 14.0. The Morgan fingerprint density at radius 1 is 1.09 bits per heavy atom. The van der Waals surface area contributed by atoms with E-state index in [-0.39, 0.29) is 18.8 Å². The predicted molar refractivity (Wildman–Crippen MR) is 129 cm³/mol. The summed E-state index contributed by atoms with van der Waals surface area (Å²) in [5.41, 5.74) is 0.824. The normalized spacial score (nSPS) is 14.5. The fraction of sp³-hybridized carbons (Fsp3) is 0.481. The van der Waals surface area contributed by atoms with E-state index in [0.29, 0.717) is 31.4 Å². The molecule has 1 fully saturated rings. The molecule has 1 aliphatic rings. The molecule has 3 rings (SSSR count). The van der Waals surface area contributed by atoms with Crippen molar-refractivity contribution in [3.05, 3.63) is 59.9 Å². The first-order valence-corrected chi connectivity index (χ1v) is 12.2. The molecule has 2 aromatic rings. The summed E-state index contributed by atoms with van der Waals surface area (Å²) in [5, 5.41) is 9.24. The van der Waals surface area contributed by atoms with E-state index in [2.05, 4.69) is 0 Å². The summed E-state index contributed by atoms with van der Waals surface area (Å²) in [6.45, 7) is 3.15. The number of nitrogens with zero attached hydrogens (tertiary/aromatic N) is 1. The smallest absolute Gasteiger partial charge is 0.415 e. The number of carbonyl (C=O) groups is 2. The number of carboxylic acid groups (broad SMARTS) is 1. The van der Waals surface area contributed by atoms with Crippen LogP contribution in [-0.4, -0.2) is 54.5 Å². The first-order chi connectivity index (χ1) is 17.0. The number of aliphatic carboxylic acids is 1. The molecule has 0 aromatic heterocycles. The highest BCUT2D eigenvalue weighted by molar-refractivity contribution is 5.72. The highest BCUT2D eigenvalue weighted by Gasteiger charge is 2.22. The van der Waals surface area contributed by atoms with E-state index in [1.165, 1.54) is 37.8 Å². The van der Waals surface area contributed by atoms with Gasteiger partial charge in [0.25, 0.3) is 0 Å². The van der Waals surface area contributed by atoms with Crippen molar-refractivity contribution in [3.8, 4) is 11.5 Å². The first kappa shape index (κ1) is 26.5. The molecule has 35 heavy (non-hydrogen) atoms. The Bertz CT molecular complexity index is 945. The standard InChI is InChI=1S/C27H34FNO6/c1-2-33-25(26(30)31)19-21-11-13-22(14-12-21)34-18-17-29(16-15-20-7-3-4-8-20)27(32)35-24-10-6-5-9-23(24)28/h5-6,9-14,20,25H,2-4,7-8,15-19H2,1H3,(H,30,31). The van der Waals surface area contributed by atoms with Gasteiger partial charge in [-0.05, 0) is 49.1 Å². The summed E-state index contributed by atoms with van der Waals surface area (Å²) in [6, 6.07) is 13.0. The largest absolute Gasteiger partial charge is 0.492 e. The third kappa shape index (κ3) is 8.55. The SMILES string of the molecule is CCOC(Cc1ccc(OCCN(CCC2CCCC2)C(=O)Oc2ccccc2F)cc1)C(=O)O. The molecule has 0 saturated heterocycles. The number of halogens is 1. The van der Waals surface area contributed by atoms with Gasteiger partial charge >= 0.3 is 12.1 Å². The number of para-hydroxylation sites is 1. The van der Waals surface area contributed by atoms with Gasteiger partial charge in [-0.2, -0.15) is 0 Å². The average molecular weight is 488 g/mol. The maximum atomic E-state index is 14.0. The van der Waals surface area contributed by atoms with Crippen molar-refractivity contribution in [2.75, 3.05) is 26.3 Å². The number of carbonyl (C=O) groups excluding carboxylic acids is 1. The average Bonchev–Trinajstić information content (AvgIpc) is 3.37. The molecule has 2 aromatic carbocycles. The zero-order valence-corrected chi connectivity index (χ0v) is 20.2. The molecule has 1 N–H and O–H groups in total. The van der Waals surface area contributed by atoms with Gasteiger partial charge in [-0.3, -0.25) is 0 Å². The Labute approximate surface area is 205 Å². The zero-order valence-electron chi connectivity index (χ0n) is 20.2. The van der Waals surface area contributed by atoms with Crippen LogP contribution in [0.25, 0.3) is 0 Å². The number of amides is 1. The molecule has 0 heterocycles. The molecule has 7 nitrogen and oxygen atoms in total. The highest BCUT2D eigenvalue weighted by Crippen LogP contribution is 2.28. The van der Waals surface area contributed by atoms with Crippen LogP contribution in [0.15, 0.2) is 48.5 Å². The molecule has 0 bridgehead atoms. The molecule has 0 spiro atoms. The molecule has 0 radical (unpaired) electrons. The van der Waals surface area contributed by atoms with Gasteiger partial charge in [-0.1, -0.05) is 49.9 Å². The van der Waals surface area contributed by atoms with E-state index in [1.807, 2.05) is 0 Å². The van der Waals surface area contributed by atoms with Crippen molar-refractivity contribution in [2.24, 2.45) is 5.92 Å². The Balaban J connectivity index is 1.54. The number of carboxylic acids is 1. The second-order valence-electron chi connectivity index (χ2n) is 8.70. The topological polar surface area (TPSA) is 85.3 Å². The summed E-state index contributed by atoms with van der Waals surface area (Å²) in [6.07, 6.45) is 4.45. The lowest BCUT2D eigenvalue weighted by Crippen LogP contribution is -2.38. The van der Waals surface area contributed by atoms with Crippen molar-refractivity contribution in [1.82, 2.24) is 4.90 Å². The molecule has 1 aliphatic carbocycles. The van der Waals surface area contributed by atoms with Crippen LogP contribution in [0.1, 0.15) is 44.6 Å². The van der Waals surface area contributed by atoms with Crippen molar-refractivity contribution in [2.45, 2.75) is 51.6 Å². The van der Waals surface area contributed by atoms with E-state index in [4.69, 9.17) is 14.2 Å². The second-order valence-corrected chi connectivity index (χ2v) is 8.70. The molecular weight excluding hydrogens is 453 g/mol. The van der Waals surface area contributed by atoms with Crippen LogP contribution in [0, 0.1) is 11.7 Å². The summed E-state index contributed by atoms with van der Waals surface area (Å²) in [7, 11) is 0. The number of hydrogen-bond acceptors (Lipinski definition) is 5. The van der Waals surface area contributed by atoms with E-state index in [9.17, 15) is 19.1 Å². The Morgan fingerprint density at radius 2 is 1.80 bits per heavy atom. The van der Waals surface area contributed by atoms with Crippen LogP contribution >= 0.6 is 0 Å². The number of ether oxygens (including phenoxy) is 3. The quantitative estimate of drug-likeness (QED) is 0.412. The first-order valence-electron chi connectivity index (χ1n) is 12.2. The molecular formula is C27H34FNO6. The van der Waals surface area contributed by atoms with Gasteiger partial charge in [-0.15, -0.1) is 0 Å². The van der Waals surface area contributed by atoms with E-state index >= 15 is 0 Å². The molecule has 1 saturated carbocycles. The molecule has 1 atom stereocenters. The fourth-order valence-electron chi connectivity index (χ4n) is 4.25. The van der Waals surface area contributed by atoms with E-state index < -0.39 is 24.0 Å². The third-order valence-electron chi connectivity index (χ3n) is 6.19. The van der Waals surface area contributed by atoms with Gasteiger partial charge in [-0.25, -0.2) is 14.0 Å². The Hall–Kier alpha value is -3.13. The molecule has 190 valence electrons. The zero-order chi connectivity index (χ0) is 25.0. The number of rotatable bonds is 13. The van der Waals surface area contributed by atoms with Crippen LogP contribution in [0.3, 0.4) is 0 Å². The predicted octanol–water partition coefficient (Wildman–Crippen LogP) is 5.32. The monoisotopic (exact) mass is 487 g/mol. The summed E-state index contributed by atoms with van der Waals surface area (Å²) in [4.78, 5) is 25.6. The van der Waals surface area contributed by atoms with Gasteiger partial charge in [0.1, 0.15) is 12.4 Å². The Kier molecular flexibility index (Phi) is 10.3. The van der Waals surface area contributed by atoms with Crippen LogP contribution in [0.2, 0.25) is 0 Å². The summed E-state index contributed by atoms with van der Waals surface area (Å²) in [5.74, 6) is -0.463. The van der Waals surface area contributed by atoms with E-state index in [0.717, 1.165) is 12.0 Å². The van der Waals surface area contributed by atoms with Gasteiger partial charge in [0, 0.05) is 19.6 Å². The van der Waals surface area contributed by atoms with Crippen molar-refractivity contribution in [3.63, 3.8) is 0 Å². The minimum atomic E-state index is -0.993. The van der Waals surface area contributed by atoms with E-state index in [1.54, 1.807) is 48.2 Å². The van der Waals surface area contributed by atoms with Crippen molar-refractivity contribution in [1.29, 1.82) is 0 Å². The minimum absolute atomic E-state index is 0.0911. The lowest BCUT2D eigenvalue weighted by molar-refractivity contribution is -0.149. The van der Waals surface area contributed by atoms with Crippen molar-refractivity contribution < 1.29 is 33.3 Å². The molecule has 1 unspecified atom stereocenters. The lowest BCUT2D eigenvalue weighted by Gasteiger charge is -2.23. The van der Waals surface area contributed by atoms with Crippen molar-refractivity contribution >= 4 is 12.1 Å². The van der Waals surface area contributed by atoms with Crippen LogP contribution in [0.4, 0.5) is 9.18 Å². The lowest BCUT2D eigenvalue weighted by atomic mass is 10.0. The van der Waals surface area contributed by atoms with Gasteiger partial charge < -0.3 is 24.2 Å². The van der Waals surface area contributed by atoms with Gasteiger partial charge in [0.15, 0.2) is 17.7 Å². The summed E-state index contributed by atoms with van der Waals surface area (Å²) < 4.78 is 30.3. The molecule has 8 heteroatoms. The second kappa shape index (κ2) is 13.7. The maximum Gasteiger partial charge on any atom is 0.415 e. The summed E-state index contributed by atoms with van der Waals surface area (Å²) >= 11 is 0. The third-order valence-corrected chi connectivity index (χ3v) is 6.19. The van der Waals surface area contributed by atoms with Gasteiger partial charge in [0.05, 0.1) is 6.54 Å². The van der Waals surface area contributed by atoms with Crippen LogP contribution < -0.4 is 9.47 Å². The van der Waals surface area contributed by atoms with Crippen LogP contribution in [0.5, 0.6) is 11.5 Å². The minimum Gasteiger partial charge on any atom is -0.492 e. The van der Waals surface area contributed by atoms with Crippen LogP contribution in [-0.2, 0) is 16.0 Å². The number of hydrogen-bond donors (Lipinski definition) is 1. The molecule has 1 amide bonds.